The zero-order valence-corrected chi connectivity index (χ0v) is 20.9. The van der Waals surface area contributed by atoms with Gasteiger partial charge in [-0.25, -0.2) is 9.98 Å². The van der Waals surface area contributed by atoms with Crippen LogP contribution in [0.1, 0.15) is 42.6 Å². The highest BCUT2D eigenvalue weighted by molar-refractivity contribution is 14.0. The molecule has 2 aromatic rings. The van der Waals surface area contributed by atoms with Gasteiger partial charge in [-0.15, -0.1) is 35.3 Å². The van der Waals surface area contributed by atoms with Crippen molar-refractivity contribution in [2.45, 2.75) is 46.6 Å². The van der Waals surface area contributed by atoms with E-state index in [1.165, 1.54) is 4.88 Å². The smallest absolute Gasteiger partial charge is 0.191 e. The molecule has 1 aromatic carbocycles. The first-order chi connectivity index (χ1) is 13.7. The van der Waals surface area contributed by atoms with E-state index in [1.807, 2.05) is 24.4 Å². The van der Waals surface area contributed by atoms with Crippen LogP contribution < -0.4 is 20.1 Å². The molecule has 0 aliphatic carbocycles. The van der Waals surface area contributed by atoms with Gasteiger partial charge in [-0.3, -0.25) is 0 Å². The third-order valence-electron chi connectivity index (χ3n) is 4.03. The maximum atomic E-state index is 5.71. The molecule has 0 aliphatic heterocycles. The van der Waals surface area contributed by atoms with Crippen LogP contribution in [0.5, 0.6) is 11.5 Å². The lowest BCUT2D eigenvalue weighted by molar-refractivity contribution is 0.294. The highest BCUT2D eigenvalue weighted by Gasteiger charge is 2.06. The normalized spacial score (nSPS) is 11.0. The molecule has 0 bridgehead atoms. The van der Waals surface area contributed by atoms with Crippen LogP contribution >= 0.6 is 35.3 Å². The Kier molecular flexibility index (Phi) is 12.7. The number of nitrogens with zero attached hydrogens (tertiary/aromatic N) is 2. The topological polar surface area (TPSA) is 67.8 Å². The van der Waals surface area contributed by atoms with Gasteiger partial charge in [0.15, 0.2) is 17.5 Å². The Morgan fingerprint density at radius 2 is 2.00 bits per heavy atom. The van der Waals surface area contributed by atoms with Gasteiger partial charge in [-0.1, -0.05) is 19.9 Å². The van der Waals surface area contributed by atoms with E-state index < -0.39 is 0 Å². The summed E-state index contributed by atoms with van der Waals surface area (Å²) in [6.45, 7) is 9.17. The summed E-state index contributed by atoms with van der Waals surface area (Å²) >= 11 is 1.78. The quantitative estimate of drug-likeness (QED) is 0.255. The first kappa shape index (κ1) is 25.5. The van der Waals surface area contributed by atoms with Crippen molar-refractivity contribution in [3.63, 3.8) is 0 Å². The fourth-order valence-electron chi connectivity index (χ4n) is 2.57. The van der Waals surface area contributed by atoms with E-state index in [9.17, 15) is 0 Å². The van der Waals surface area contributed by atoms with Crippen LogP contribution in [0.15, 0.2) is 29.4 Å². The lowest BCUT2D eigenvalue weighted by atomic mass is 10.2. The number of benzene rings is 1. The van der Waals surface area contributed by atoms with Gasteiger partial charge in [0.1, 0.15) is 0 Å². The third-order valence-corrected chi connectivity index (χ3v) is 5.24. The Hall–Kier alpha value is -1.55. The molecule has 2 rings (SSSR count). The standard InChI is InChI=1S/C21H32N4O2S.HI/c1-5-12-27-18-9-8-16(13-19(18)26-4)14-25-21(22-7-3)23-11-10-20-24-15-17(6-2)28-20;/h8-9,13,15H,5-7,10-12,14H2,1-4H3,(H2,22,23,25);1H. The molecule has 0 amide bonds. The molecule has 2 N–H and O–H groups in total. The Labute approximate surface area is 195 Å². The maximum absolute atomic E-state index is 5.71. The molecule has 162 valence electrons. The van der Waals surface area contributed by atoms with Crippen molar-refractivity contribution in [3.05, 3.63) is 39.8 Å². The first-order valence-corrected chi connectivity index (χ1v) is 10.8. The minimum atomic E-state index is 0. The number of rotatable bonds is 11. The van der Waals surface area contributed by atoms with Gasteiger partial charge in [-0.2, -0.15) is 0 Å². The van der Waals surface area contributed by atoms with Gasteiger partial charge in [0.05, 0.1) is 25.3 Å². The van der Waals surface area contributed by atoms with Crippen molar-refractivity contribution < 1.29 is 9.47 Å². The molecule has 8 heteroatoms. The number of thiazole rings is 1. The molecule has 6 nitrogen and oxygen atoms in total. The second-order valence-corrected chi connectivity index (χ2v) is 7.48. The molecule has 0 spiro atoms. The summed E-state index contributed by atoms with van der Waals surface area (Å²) in [6.07, 6.45) is 4.88. The average Bonchev–Trinajstić information content (AvgIpc) is 3.18. The summed E-state index contributed by atoms with van der Waals surface area (Å²) in [5, 5.41) is 7.83. The summed E-state index contributed by atoms with van der Waals surface area (Å²) in [5.41, 5.74) is 1.07. The zero-order chi connectivity index (χ0) is 20.2. The lowest BCUT2D eigenvalue weighted by Gasteiger charge is -2.12. The summed E-state index contributed by atoms with van der Waals surface area (Å²) in [7, 11) is 1.66. The van der Waals surface area contributed by atoms with Gasteiger partial charge < -0.3 is 20.1 Å². The van der Waals surface area contributed by atoms with E-state index in [-0.39, 0.29) is 24.0 Å². The van der Waals surface area contributed by atoms with Crippen molar-refractivity contribution in [1.29, 1.82) is 0 Å². The van der Waals surface area contributed by atoms with Crippen LogP contribution in [0.2, 0.25) is 0 Å². The predicted molar refractivity (Wildman–Crippen MR) is 132 cm³/mol. The molecule has 0 atom stereocenters. The van der Waals surface area contributed by atoms with Crippen LogP contribution in [0.3, 0.4) is 0 Å². The van der Waals surface area contributed by atoms with E-state index >= 15 is 0 Å². The van der Waals surface area contributed by atoms with Gasteiger partial charge in [-0.05, 0) is 37.5 Å². The second kappa shape index (κ2) is 14.4. The third kappa shape index (κ3) is 8.77. The number of methoxy groups -OCH3 is 1. The number of hydrogen-bond donors (Lipinski definition) is 2. The van der Waals surface area contributed by atoms with Crippen molar-refractivity contribution in [1.82, 2.24) is 15.6 Å². The van der Waals surface area contributed by atoms with Crippen molar-refractivity contribution in [2.24, 2.45) is 4.99 Å². The molecule has 0 unspecified atom stereocenters. The molecule has 29 heavy (non-hydrogen) atoms. The molecule has 0 aliphatic rings. The second-order valence-electron chi connectivity index (χ2n) is 6.28. The van der Waals surface area contributed by atoms with Gasteiger partial charge in [0, 0.05) is 30.6 Å². The first-order valence-electron chi connectivity index (χ1n) is 9.95. The fraction of sp³-hybridized carbons (Fsp3) is 0.524. The molecule has 1 aromatic heterocycles. The zero-order valence-electron chi connectivity index (χ0n) is 17.8. The SMILES string of the molecule is CCCOc1ccc(CN=C(NCC)NCCc2ncc(CC)s2)cc1OC.I. The van der Waals surface area contributed by atoms with Gasteiger partial charge in [0.25, 0.3) is 0 Å². The van der Waals surface area contributed by atoms with Crippen LogP contribution in [0, 0.1) is 0 Å². The summed E-state index contributed by atoms with van der Waals surface area (Å²) in [5.74, 6) is 2.33. The van der Waals surface area contributed by atoms with E-state index in [2.05, 4.69) is 41.4 Å². The van der Waals surface area contributed by atoms with E-state index in [4.69, 9.17) is 9.47 Å². The van der Waals surface area contributed by atoms with Crippen molar-refractivity contribution >= 4 is 41.3 Å². The van der Waals surface area contributed by atoms with Crippen LogP contribution in [-0.2, 0) is 19.4 Å². The Balaban J connectivity index is 0.00000420. The fourth-order valence-corrected chi connectivity index (χ4v) is 3.43. The van der Waals surface area contributed by atoms with Crippen LogP contribution in [0.25, 0.3) is 0 Å². The summed E-state index contributed by atoms with van der Waals surface area (Å²) in [4.78, 5) is 10.5. The largest absolute Gasteiger partial charge is 0.493 e. The highest BCUT2D eigenvalue weighted by Crippen LogP contribution is 2.28. The molecular weight excluding hydrogens is 499 g/mol. The molecule has 0 radical (unpaired) electrons. The number of halogens is 1. The van der Waals surface area contributed by atoms with Crippen LogP contribution in [-0.4, -0.2) is 37.7 Å². The minimum absolute atomic E-state index is 0. The van der Waals surface area contributed by atoms with Gasteiger partial charge in [0.2, 0.25) is 0 Å². The number of nitrogens with one attached hydrogen (secondary N) is 2. The average molecular weight is 532 g/mol. The Bertz CT molecular complexity index is 752. The molecule has 1 heterocycles. The summed E-state index contributed by atoms with van der Waals surface area (Å²) in [6, 6.07) is 5.97. The number of aromatic nitrogens is 1. The monoisotopic (exact) mass is 532 g/mol. The van der Waals surface area contributed by atoms with Crippen molar-refractivity contribution in [2.75, 3.05) is 26.8 Å². The number of guanidine groups is 1. The van der Waals surface area contributed by atoms with E-state index in [1.54, 1.807) is 18.4 Å². The van der Waals surface area contributed by atoms with E-state index in [0.29, 0.717) is 13.2 Å². The Morgan fingerprint density at radius 1 is 1.17 bits per heavy atom. The Morgan fingerprint density at radius 3 is 2.66 bits per heavy atom. The molecule has 0 saturated carbocycles. The van der Waals surface area contributed by atoms with Crippen molar-refractivity contribution in [3.8, 4) is 11.5 Å². The van der Waals surface area contributed by atoms with Crippen LogP contribution in [0.4, 0.5) is 0 Å². The number of aliphatic imine (C=N–C) groups is 1. The predicted octanol–water partition coefficient (Wildman–Crippen LogP) is 4.42. The number of hydrogen-bond acceptors (Lipinski definition) is 5. The van der Waals surface area contributed by atoms with E-state index in [0.717, 1.165) is 60.4 Å². The highest BCUT2D eigenvalue weighted by atomic mass is 127. The maximum Gasteiger partial charge on any atom is 0.191 e. The minimum Gasteiger partial charge on any atom is -0.493 e. The molecule has 0 fully saturated rings. The molecular formula is C21H33IN4O2S. The summed E-state index contributed by atoms with van der Waals surface area (Å²) < 4.78 is 11.2. The van der Waals surface area contributed by atoms with Gasteiger partial charge >= 0.3 is 0 Å². The number of ether oxygens (including phenoxy) is 2. The number of aryl methyl sites for hydroxylation is 1. The lowest BCUT2D eigenvalue weighted by Crippen LogP contribution is -2.38. The molecule has 0 saturated heterocycles.